The Hall–Kier alpha value is -3.70. The molecule has 3 aromatic rings. The molecule has 1 aromatic heterocycles. The van der Waals surface area contributed by atoms with Gasteiger partial charge >= 0.3 is 6.09 Å². The highest BCUT2D eigenvalue weighted by Gasteiger charge is 2.12. The number of ether oxygens (including phenoxy) is 2. The lowest BCUT2D eigenvalue weighted by Crippen LogP contribution is -2.21. The number of nitrogens with one attached hydrogen (secondary N) is 2. The number of aromatic nitrogens is 2. The summed E-state index contributed by atoms with van der Waals surface area (Å²) in [5.41, 5.74) is 2.31. The fraction of sp³-hybridized carbons (Fsp3) is 0.292. The van der Waals surface area contributed by atoms with Gasteiger partial charge in [0.25, 0.3) is 0 Å². The summed E-state index contributed by atoms with van der Waals surface area (Å²) in [5.74, 6) is 1.66. The number of carbonyl (C=O) groups is 1. The van der Waals surface area contributed by atoms with Crippen LogP contribution < -0.4 is 15.4 Å². The van der Waals surface area contributed by atoms with Crippen molar-refractivity contribution < 1.29 is 23.6 Å². The minimum Gasteiger partial charge on any atom is -0.494 e. The third-order valence-electron chi connectivity index (χ3n) is 4.66. The van der Waals surface area contributed by atoms with Crippen molar-refractivity contribution >= 4 is 34.1 Å². The highest BCUT2D eigenvalue weighted by atomic mass is 32.2. The molecular formula is C24H28N5O5S-. The summed E-state index contributed by atoms with van der Waals surface area (Å²) in [6, 6.07) is 13.9. The highest BCUT2D eigenvalue weighted by molar-refractivity contribution is 7.75. The van der Waals surface area contributed by atoms with Crippen LogP contribution in [0.15, 0.2) is 64.0 Å². The molecule has 0 aliphatic rings. The molecule has 0 aliphatic carbocycles. The SMILES string of the molecule is CCOC(=O)N=[S-](=O)c1ccc(Nc2ncc(-c3ccc(OCC)cc3)c(N[C@H](C)CO)n2)cc1. The van der Waals surface area contributed by atoms with Crippen LogP contribution in [0.25, 0.3) is 11.1 Å². The third kappa shape index (κ3) is 7.39. The zero-order valence-corrected chi connectivity index (χ0v) is 20.5. The predicted octanol–water partition coefficient (Wildman–Crippen LogP) is 4.74. The van der Waals surface area contributed by atoms with Gasteiger partial charge in [0.2, 0.25) is 5.95 Å². The number of nitrogens with zero attached hydrogens (tertiary/aromatic N) is 3. The molecule has 0 unspecified atom stereocenters. The summed E-state index contributed by atoms with van der Waals surface area (Å²) in [7, 11) is -1.86. The van der Waals surface area contributed by atoms with E-state index in [1.165, 1.54) is 0 Å². The van der Waals surface area contributed by atoms with Gasteiger partial charge in [-0.25, -0.2) is 9.78 Å². The van der Waals surface area contributed by atoms with E-state index < -0.39 is 16.7 Å². The van der Waals surface area contributed by atoms with Gasteiger partial charge in [0.1, 0.15) is 11.6 Å². The van der Waals surface area contributed by atoms with Crippen LogP contribution >= 0.6 is 0 Å². The molecule has 1 amide bonds. The lowest BCUT2D eigenvalue weighted by Gasteiger charge is -2.17. The van der Waals surface area contributed by atoms with Crippen molar-refractivity contribution in [2.75, 3.05) is 30.5 Å². The molecule has 186 valence electrons. The van der Waals surface area contributed by atoms with Gasteiger partial charge in [-0.05, 0) is 50.6 Å². The van der Waals surface area contributed by atoms with E-state index in [1.807, 2.05) is 38.1 Å². The van der Waals surface area contributed by atoms with E-state index in [4.69, 9.17) is 4.74 Å². The van der Waals surface area contributed by atoms with E-state index in [9.17, 15) is 14.1 Å². The smallest absolute Gasteiger partial charge is 0.410 e. The molecule has 1 heterocycles. The van der Waals surface area contributed by atoms with Gasteiger partial charge < -0.3 is 29.4 Å². The van der Waals surface area contributed by atoms with E-state index in [1.54, 1.807) is 37.4 Å². The maximum atomic E-state index is 12.2. The average molecular weight is 499 g/mol. The summed E-state index contributed by atoms with van der Waals surface area (Å²) >= 11 is 0. The number of amides is 1. The van der Waals surface area contributed by atoms with Crippen LogP contribution in [0.2, 0.25) is 0 Å². The summed E-state index contributed by atoms with van der Waals surface area (Å²) in [5, 5.41) is 15.8. The number of hydrogen-bond donors (Lipinski definition) is 3. The number of hydrogen-bond acceptors (Lipinski definition) is 10. The van der Waals surface area contributed by atoms with Gasteiger partial charge in [-0.1, -0.05) is 29.2 Å². The average Bonchev–Trinajstić information content (AvgIpc) is 2.85. The molecule has 0 spiro atoms. The van der Waals surface area contributed by atoms with Gasteiger partial charge in [-0.3, -0.25) is 4.36 Å². The first kappa shape index (κ1) is 25.9. The molecule has 0 bridgehead atoms. The molecule has 0 aliphatic heterocycles. The molecule has 0 radical (unpaired) electrons. The van der Waals surface area contributed by atoms with E-state index in [0.29, 0.717) is 29.0 Å². The second-order valence-corrected chi connectivity index (χ2v) is 8.48. The van der Waals surface area contributed by atoms with Gasteiger partial charge in [-0.15, -0.1) is 10.6 Å². The Bertz CT molecular complexity index is 1210. The molecule has 0 fully saturated rings. The van der Waals surface area contributed by atoms with Crippen LogP contribution in [0.1, 0.15) is 20.8 Å². The number of anilines is 3. The van der Waals surface area contributed by atoms with Crippen LogP contribution in [0.3, 0.4) is 0 Å². The number of aliphatic hydroxyl groups excluding tert-OH is 1. The molecular weight excluding hydrogens is 470 g/mol. The second-order valence-electron chi connectivity index (χ2n) is 7.33. The molecule has 2 aromatic carbocycles. The summed E-state index contributed by atoms with van der Waals surface area (Å²) in [4.78, 5) is 20.8. The quantitative estimate of drug-likeness (QED) is 0.339. The predicted molar refractivity (Wildman–Crippen MR) is 134 cm³/mol. The largest absolute Gasteiger partial charge is 0.494 e. The Kier molecular flexibility index (Phi) is 9.39. The van der Waals surface area contributed by atoms with Crippen LogP contribution in [-0.2, 0) is 19.5 Å². The lowest BCUT2D eigenvalue weighted by atomic mass is 10.1. The van der Waals surface area contributed by atoms with Crippen molar-refractivity contribution in [2.45, 2.75) is 31.7 Å². The van der Waals surface area contributed by atoms with Crippen LogP contribution in [0.4, 0.5) is 22.2 Å². The van der Waals surface area contributed by atoms with Crippen molar-refractivity contribution in [1.29, 1.82) is 0 Å². The maximum absolute atomic E-state index is 12.2. The molecule has 0 saturated heterocycles. The van der Waals surface area contributed by atoms with E-state index in [0.717, 1.165) is 16.9 Å². The first-order chi connectivity index (χ1) is 16.9. The molecule has 35 heavy (non-hydrogen) atoms. The molecule has 1 atom stereocenters. The van der Waals surface area contributed by atoms with Gasteiger partial charge in [0, 0.05) is 23.5 Å². The van der Waals surface area contributed by atoms with Crippen molar-refractivity contribution in [3.63, 3.8) is 0 Å². The Balaban J connectivity index is 1.82. The summed E-state index contributed by atoms with van der Waals surface area (Å²) < 4.78 is 25.8. The topological polar surface area (TPSA) is 135 Å². The standard InChI is InChI=1S/C24H28N5O5S/c1-4-33-19-10-6-17(7-11-19)21-14-25-23(28-22(21)26-16(3)15-30)27-18-8-12-20(13-9-18)35(32)29-24(31)34-5-2/h6-14,16,30H,4-5,15H2,1-3H3,(H2,25,26,27,28)/q-1/t16-/m1/s1. The monoisotopic (exact) mass is 498 g/mol. The Morgan fingerprint density at radius 1 is 1.11 bits per heavy atom. The van der Waals surface area contributed by atoms with Crippen LogP contribution in [0, 0.1) is 0 Å². The van der Waals surface area contributed by atoms with Crippen molar-refractivity contribution in [3.05, 3.63) is 54.7 Å². The van der Waals surface area contributed by atoms with Gasteiger partial charge in [0.05, 0.1) is 19.8 Å². The van der Waals surface area contributed by atoms with E-state index in [2.05, 4.69) is 29.7 Å². The third-order valence-corrected chi connectivity index (χ3v) is 5.65. The van der Waals surface area contributed by atoms with Crippen molar-refractivity contribution in [2.24, 2.45) is 4.36 Å². The molecule has 0 saturated carbocycles. The fourth-order valence-electron chi connectivity index (χ4n) is 2.99. The Labute approximate surface area is 205 Å². The molecule has 11 heteroatoms. The number of aliphatic hydroxyl groups is 1. The van der Waals surface area contributed by atoms with Gasteiger partial charge in [0.15, 0.2) is 0 Å². The Morgan fingerprint density at radius 3 is 2.46 bits per heavy atom. The van der Waals surface area contributed by atoms with Crippen LogP contribution in [0.5, 0.6) is 5.75 Å². The van der Waals surface area contributed by atoms with E-state index >= 15 is 0 Å². The molecule has 3 N–H and O–H groups in total. The first-order valence-corrected chi connectivity index (χ1v) is 12.2. The summed E-state index contributed by atoms with van der Waals surface area (Å²) in [6.07, 6.45) is 0.824. The lowest BCUT2D eigenvalue weighted by molar-refractivity contribution is 0.164. The van der Waals surface area contributed by atoms with Crippen molar-refractivity contribution in [1.82, 2.24) is 9.97 Å². The minimum atomic E-state index is -1.86. The minimum absolute atomic E-state index is 0.0645. The van der Waals surface area contributed by atoms with Gasteiger partial charge in [-0.2, -0.15) is 4.98 Å². The highest BCUT2D eigenvalue weighted by Crippen LogP contribution is 2.29. The zero-order valence-electron chi connectivity index (χ0n) is 19.7. The first-order valence-electron chi connectivity index (χ1n) is 11.1. The fourth-order valence-corrected chi connectivity index (χ4v) is 3.66. The van der Waals surface area contributed by atoms with E-state index in [-0.39, 0.29) is 19.3 Å². The number of rotatable bonds is 10. The zero-order chi connectivity index (χ0) is 25.2. The number of carbonyl (C=O) groups excluding carboxylic acids is 1. The van der Waals surface area contributed by atoms with Crippen molar-refractivity contribution in [3.8, 4) is 16.9 Å². The normalized spacial score (nSPS) is 12.6. The second kappa shape index (κ2) is 12.7. The molecule has 3 rings (SSSR count). The summed E-state index contributed by atoms with van der Waals surface area (Å²) in [6.45, 7) is 6.10. The molecule has 10 nitrogen and oxygen atoms in total. The Morgan fingerprint density at radius 2 is 1.83 bits per heavy atom. The maximum Gasteiger partial charge on any atom is 0.410 e. The number of benzene rings is 2. The van der Waals surface area contributed by atoms with Crippen LogP contribution in [-0.4, -0.2) is 47.0 Å².